The fourth-order valence-corrected chi connectivity index (χ4v) is 6.22. The number of carbonyl (C=O) groups excluding carboxylic acids is 1. The van der Waals surface area contributed by atoms with Gasteiger partial charge in [-0.05, 0) is 76.1 Å². The number of aliphatic imine (C=N–C) groups is 1. The molecule has 0 saturated heterocycles. The molecule has 1 aliphatic rings. The van der Waals surface area contributed by atoms with E-state index >= 15 is 0 Å². The maximum absolute atomic E-state index is 13.3. The molecule has 5 N–H and O–H groups in total. The van der Waals surface area contributed by atoms with Crippen LogP contribution in [0, 0.1) is 20.8 Å². The first-order valence-corrected chi connectivity index (χ1v) is 14.5. The second-order valence-corrected chi connectivity index (χ2v) is 12.1. The van der Waals surface area contributed by atoms with Gasteiger partial charge in [-0.15, -0.1) is 0 Å². The van der Waals surface area contributed by atoms with Crippen molar-refractivity contribution in [2.75, 3.05) is 6.54 Å². The molecular weight excluding hydrogens is 536 g/mol. The molecule has 218 valence electrons. The molecule has 12 heteroatoms. The number of ether oxygens (including phenoxy) is 2. The highest BCUT2D eigenvalue weighted by atomic mass is 32.2. The number of nitrogens with zero attached hydrogens (tertiary/aromatic N) is 1. The van der Waals surface area contributed by atoms with E-state index in [1.807, 2.05) is 39.0 Å². The van der Waals surface area contributed by atoms with E-state index < -0.39 is 33.7 Å². The average molecular weight is 575 g/mol. The Bertz CT molecular complexity index is 1390. The number of fused-ring (bicyclic) bond motifs is 1. The lowest BCUT2D eigenvalue weighted by Crippen LogP contribution is -2.41. The zero-order valence-corrected chi connectivity index (χ0v) is 24.4. The van der Waals surface area contributed by atoms with Crippen LogP contribution in [0.2, 0.25) is 0 Å². The maximum atomic E-state index is 13.3. The first-order chi connectivity index (χ1) is 18.7. The van der Waals surface area contributed by atoms with E-state index in [0.29, 0.717) is 30.4 Å². The number of benzene rings is 2. The summed E-state index contributed by atoms with van der Waals surface area (Å²) in [6, 6.07) is 7.90. The van der Waals surface area contributed by atoms with E-state index in [9.17, 15) is 23.1 Å². The maximum Gasteiger partial charge on any atom is 0.408 e. The molecule has 0 spiro atoms. The van der Waals surface area contributed by atoms with Crippen LogP contribution < -0.4 is 20.5 Å². The highest BCUT2D eigenvalue weighted by Gasteiger charge is 2.36. The smallest absolute Gasteiger partial charge is 0.408 e. The van der Waals surface area contributed by atoms with Crippen LogP contribution in [0.25, 0.3) is 0 Å². The number of guanidine groups is 1. The predicted octanol–water partition coefficient (Wildman–Crippen LogP) is 3.47. The van der Waals surface area contributed by atoms with E-state index in [1.54, 1.807) is 26.0 Å². The van der Waals surface area contributed by atoms with Crippen molar-refractivity contribution in [2.45, 2.75) is 83.4 Å². The Morgan fingerprint density at radius 2 is 1.80 bits per heavy atom. The number of hydrogen-bond acceptors (Lipinski definition) is 7. The third-order valence-electron chi connectivity index (χ3n) is 6.79. The lowest BCUT2D eigenvalue weighted by molar-refractivity contribution is -0.139. The summed E-state index contributed by atoms with van der Waals surface area (Å²) in [4.78, 5) is 27.8. The third-order valence-corrected chi connectivity index (χ3v) is 8.41. The minimum absolute atomic E-state index is 0.0265. The number of aliphatic carboxylic acids is 1. The Labute approximate surface area is 235 Å². The molecule has 1 heterocycles. The molecule has 40 heavy (non-hydrogen) atoms. The first-order valence-electron chi connectivity index (χ1n) is 13.1. The minimum atomic E-state index is -4.01. The van der Waals surface area contributed by atoms with Gasteiger partial charge >= 0.3 is 12.1 Å². The van der Waals surface area contributed by atoms with Crippen LogP contribution in [-0.4, -0.2) is 49.7 Å². The van der Waals surface area contributed by atoms with E-state index in [2.05, 4.69) is 15.0 Å². The zero-order valence-electron chi connectivity index (χ0n) is 23.5. The Hall–Kier alpha value is -3.80. The largest absolute Gasteiger partial charge is 0.487 e. The number of sulfonamides is 1. The normalized spacial score (nSPS) is 15.1. The van der Waals surface area contributed by atoms with Gasteiger partial charge in [0, 0.05) is 18.5 Å². The molecule has 0 radical (unpaired) electrons. The van der Waals surface area contributed by atoms with Crippen molar-refractivity contribution in [3.63, 3.8) is 0 Å². The second kappa shape index (κ2) is 12.6. The SMILES string of the molecule is Cc1c(C)c(S(=O)(=O)NC(N)=NCCCCC(NC(=O)OCc2ccccc2)C(=O)O)c(C)c2c1OC(C)(C)C2. The molecule has 0 aromatic heterocycles. The van der Waals surface area contributed by atoms with Gasteiger partial charge < -0.3 is 25.6 Å². The van der Waals surface area contributed by atoms with Gasteiger partial charge in [-0.3, -0.25) is 4.99 Å². The quantitative estimate of drug-likeness (QED) is 0.180. The van der Waals surface area contributed by atoms with Crippen molar-refractivity contribution < 1.29 is 32.6 Å². The van der Waals surface area contributed by atoms with Crippen molar-refractivity contribution in [3.8, 4) is 5.75 Å². The molecule has 2 aromatic rings. The number of hydrogen-bond donors (Lipinski definition) is 4. The number of nitrogens with one attached hydrogen (secondary N) is 2. The molecule has 2 aromatic carbocycles. The summed E-state index contributed by atoms with van der Waals surface area (Å²) >= 11 is 0. The summed E-state index contributed by atoms with van der Waals surface area (Å²) in [6.07, 6.45) is 0.739. The number of amides is 1. The van der Waals surface area contributed by atoms with Crippen molar-refractivity contribution >= 4 is 28.0 Å². The van der Waals surface area contributed by atoms with Gasteiger partial charge in [0.25, 0.3) is 10.0 Å². The number of alkyl carbamates (subject to hydrolysis) is 1. The first kappa shape index (κ1) is 30.7. The van der Waals surface area contributed by atoms with Crippen LogP contribution in [0.15, 0.2) is 40.2 Å². The van der Waals surface area contributed by atoms with E-state index in [0.717, 1.165) is 22.4 Å². The van der Waals surface area contributed by atoms with Crippen molar-refractivity contribution in [2.24, 2.45) is 10.7 Å². The molecule has 0 aliphatic carbocycles. The van der Waals surface area contributed by atoms with Gasteiger partial charge in [0.05, 0.1) is 4.90 Å². The molecule has 1 unspecified atom stereocenters. The molecule has 0 saturated carbocycles. The number of carboxylic acid groups (broad SMARTS) is 1. The van der Waals surface area contributed by atoms with Crippen molar-refractivity contribution in [3.05, 3.63) is 58.1 Å². The van der Waals surface area contributed by atoms with Gasteiger partial charge in [0.1, 0.15) is 24.0 Å². The van der Waals surface area contributed by atoms with Crippen LogP contribution in [0.4, 0.5) is 4.79 Å². The third kappa shape index (κ3) is 7.65. The van der Waals surface area contributed by atoms with E-state index in [-0.39, 0.29) is 30.4 Å². The monoisotopic (exact) mass is 574 g/mol. The van der Waals surface area contributed by atoms with E-state index in [4.69, 9.17) is 15.2 Å². The van der Waals surface area contributed by atoms with Gasteiger partial charge in [-0.25, -0.2) is 22.7 Å². The summed E-state index contributed by atoms with van der Waals surface area (Å²) in [5.41, 5.74) is 9.11. The van der Waals surface area contributed by atoms with Crippen LogP contribution in [0.5, 0.6) is 5.75 Å². The molecule has 0 bridgehead atoms. The topological polar surface area (TPSA) is 169 Å². The summed E-state index contributed by atoms with van der Waals surface area (Å²) in [5.74, 6) is -0.707. The molecular formula is C28H38N4O7S. The lowest BCUT2D eigenvalue weighted by Gasteiger charge is -2.19. The second-order valence-electron chi connectivity index (χ2n) is 10.5. The van der Waals surface area contributed by atoms with Crippen LogP contribution in [0.3, 0.4) is 0 Å². The van der Waals surface area contributed by atoms with Gasteiger partial charge in [0.2, 0.25) is 5.96 Å². The Kier molecular flexibility index (Phi) is 9.67. The minimum Gasteiger partial charge on any atom is -0.487 e. The molecule has 0 fully saturated rings. The standard InChI is InChI=1S/C28H38N4O7S/c1-17-18(2)24(19(3)21-15-28(4,5)39-23(17)21)40(36,37)32-26(29)30-14-10-9-13-22(25(33)34)31-27(35)38-16-20-11-7-6-8-12-20/h6-8,11-12,22H,9-10,13-16H2,1-5H3,(H,31,35)(H,33,34)(H3,29,30,32). The number of carboxylic acids is 1. The average Bonchev–Trinajstić information content (AvgIpc) is 3.21. The van der Waals surface area contributed by atoms with Crippen molar-refractivity contribution in [1.82, 2.24) is 10.0 Å². The van der Waals surface area contributed by atoms with Crippen LogP contribution in [-0.2, 0) is 32.6 Å². The number of nitrogens with two attached hydrogens (primary N) is 1. The van der Waals surface area contributed by atoms with Crippen LogP contribution >= 0.6 is 0 Å². The molecule has 11 nitrogen and oxygen atoms in total. The van der Waals surface area contributed by atoms with Crippen molar-refractivity contribution in [1.29, 1.82) is 0 Å². The Morgan fingerprint density at radius 3 is 2.45 bits per heavy atom. The molecule has 3 rings (SSSR count). The Morgan fingerprint density at radius 1 is 1.12 bits per heavy atom. The summed E-state index contributed by atoms with van der Waals surface area (Å²) in [6.45, 7) is 9.47. The number of carbonyl (C=O) groups is 2. The zero-order chi connectivity index (χ0) is 29.7. The van der Waals surface area contributed by atoms with Gasteiger partial charge in [-0.1, -0.05) is 30.3 Å². The number of unbranched alkanes of at least 4 members (excludes halogenated alkanes) is 1. The summed E-state index contributed by atoms with van der Waals surface area (Å²) < 4.78 is 40.0. The van der Waals surface area contributed by atoms with Gasteiger partial charge in [0.15, 0.2) is 0 Å². The predicted molar refractivity (Wildman–Crippen MR) is 151 cm³/mol. The number of rotatable bonds is 11. The molecule has 1 atom stereocenters. The lowest BCUT2D eigenvalue weighted by atomic mass is 9.94. The van der Waals surface area contributed by atoms with Crippen LogP contribution in [0.1, 0.15) is 60.9 Å². The highest BCUT2D eigenvalue weighted by molar-refractivity contribution is 7.90. The highest BCUT2D eigenvalue weighted by Crippen LogP contribution is 2.43. The Balaban J connectivity index is 1.53. The van der Waals surface area contributed by atoms with E-state index in [1.165, 1.54) is 0 Å². The fraction of sp³-hybridized carbons (Fsp3) is 0.464. The summed E-state index contributed by atoms with van der Waals surface area (Å²) in [7, 11) is -4.01. The summed E-state index contributed by atoms with van der Waals surface area (Å²) in [5, 5.41) is 11.8. The molecule has 1 aliphatic heterocycles. The molecule has 1 amide bonds. The fourth-order valence-electron chi connectivity index (χ4n) is 4.69. The van der Waals surface area contributed by atoms with Gasteiger partial charge in [-0.2, -0.15) is 0 Å².